The number of hydrogen-bond donors (Lipinski definition) is 6. The largest absolute Gasteiger partial charge is 0.464 e. The molecule has 20 heteroatoms. The van der Waals surface area contributed by atoms with E-state index < -0.39 is 0 Å². The van der Waals surface area contributed by atoms with Crippen LogP contribution in [0.25, 0.3) is 0 Å². The number of nitrogens with zero attached hydrogens (tertiary/aromatic N) is 10. The van der Waals surface area contributed by atoms with Crippen molar-refractivity contribution in [1.82, 2.24) is 51.2 Å². The number of carbonyl (C=O) groups is 2. The van der Waals surface area contributed by atoms with Gasteiger partial charge in [-0.2, -0.15) is 29.9 Å². The van der Waals surface area contributed by atoms with Crippen molar-refractivity contribution in [1.29, 1.82) is 0 Å². The molecule has 0 radical (unpaired) electrons. The molecule has 6 heterocycles. The third-order valence-corrected chi connectivity index (χ3v) is 19.0. The van der Waals surface area contributed by atoms with Crippen LogP contribution in [0, 0.1) is 0 Å². The average Bonchev–Trinajstić information content (AvgIpc) is 0.801. The Labute approximate surface area is 559 Å². The Morgan fingerprint density at radius 2 is 0.576 bits per heavy atom. The van der Waals surface area contributed by atoms with Gasteiger partial charge in [-0.15, -0.1) is 0 Å². The molecular formula is C72H134N16O4. The molecule has 526 valence electrons. The summed E-state index contributed by atoms with van der Waals surface area (Å²) in [6.07, 6.45) is 22.3. The fourth-order valence-corrected chi connectivity index (χ4v) is 16.5. The maximum absolute atomic E-state index is 13.1. The van der Waals surface area contributed by atoms with Crippen LogP contribution in [-0.4, -0.2) is 163 Å². The van der Waals surface area contributed by atoms with Crippen molar-refractivity contribution >= 4 is 47.6 Å². The minimum atomic E-state index is -0.194. The van der Waals surface area contributed by atoms with E-state index in [-0.39, 0.29) is 93.6 Å². The van der Waals surface area contributed by atoms with Gasteiger partial charge >= 0.3 is 11.9 Å². The normalized spacial score (nSPS) is 20.9. The zero-order valence-electron chi connectivity index (χ0n) is 62.0. The van der Waals surface area contributed by atoms with Crippen molar-refractivity contribution in [3.63, 3.8) is 0 Å². The highest BCUT2D eigenvalue weighted by molar-refractivity contribution is 5.69. The minimum Gasteiger partial charge on any atom is -0.464 e. The number of unbranched alkanes of at least 4 members (excludes halogenated alkanes) is 9. The second-order valence-electron chi connectivity index (χ2n) is 33.4. The molecule has 0 atom stereocenters. The van der Waals surface area contributed by atoms with Crippen LogP contribution < -0.4 is 51.5 Å². The van der Waals surface area contributed by atoms with Crippen LogP contribution in [0.3, 0.4) is 0 Å². The molecule has 0 bridgehead atoms. The predicted octanol–water partition coefficient (Wildman–Crippen LogP) is 13.5. The molecule has 0 saturated carbocycles. The number of ether oxygens (including phenoxy) is 2. The lowest BCUT2D eigenvalue weighted by Gasteiger charge is -2.50. The quantitative estimate of drug-likeness (QED) is 0.0274. The molecular weight excluding hydrogens is 1150 g/mol. The van der Waals surface area contributed by atoms with Crippen molar-refractivity contribution in [3.05, 3.63) is 0 Å². The molecule has 4 fully saturated rings. The molecule has 0 aliphatic carbocycles. The molecule has 0 aromatic carbocycles. The van der Waals surface area contributed by atoms with Gasteiger partial charge in [-0.3, -0.25) is 9.59 Å². The van der Waals surface area contributed by atoms with Crippen molar-refractivity contribution in [2.75, 3.05) is 82.7 Å². The molecule has 6 rings (SSSR count). The van der Waals surface area contributed by atoms with Crippen LogP contribution in [0.15, 0.2) is 0 Å². The number of carbonyl (C=O) groups excluding carboxylic acids is 2. The summed E-state index contributed by atoms with van der Waals surface area (Å²) in [5.41, 5.74) is -0.390. The number of aromatic nitrogens is 6. The standard InChI is InChI=1S/C72H134N16O4/c1-21-25-39-85(53-45-65(5,6)81-66(7,8)46-53)61-75-59(76-62(79-61)86(40-26-22-2)54-47-67(9,10)82-68(11,12)48-54)73-37-43-91-57(89)35-33-31-29-30-32-34-36-58(90)92-44-38-74-60-77-63(87(41-27-23-3)55-49-69(13,14)83-70(15,16)50-55)80-64(78-60)88(42-28-24-4)56-51-71(17,18)84-72(19,20)52-56/h53-56,81-84H,21-52H2,1-20H3,(H,73,75,76,79)(H,74,77,78,80). The minimum absolute atomic E-state index is 0.0488. The number of anilines is 6. The Morgan fingerprint density at radius 1 is 0.359 bits per heavy atom. The molecule has 4 saturated heterocycles. The van der Waals surface area contributed by atoms with Crippen LogP contribution in [0.1, 0.15) is 293 Å². The molecule has 0 unspecified atom stereocenters. The second kappa shape index (κ2) is 33.5. The van der Waals surface area contributed by atoms with Crippen LogP contribution in [0.4, 0.5) is 35.7 Å². The van der Waals surface area contributed by atoms with E-state index in [1.165, 1.54) is 0 Å². The van der Waals surface area contributed by atoms with Gasteiger partial charge in [0, 0.05) is 107 Å². The Hall–Kier alpha value is -4.40. The third kappa shape index (κ3) is 25.0. The number of hydrogen-bond acceptors (Lipinski definition) is 20. The van der Waals surface area contributed by atoms with Gasteiger partial charge in [-0.1, -0.05) is 79.1 Å². The summed E-state index contributed by atoms with van der Waals surface area (Å²) in [6, 6.07) is 0.990. The van der Waals surface area contributed by atoms with Gasteiger partial charge < -0.3 is 61.0 Å². The highest BCUT2D eigenvalue weighted by Crippen LogP contribution is 2.39. The van der Waals surface area contributed by atoms with E-state index in [9.17, 15) is 9.59 Å². The Balaban J connectivity index is 0.991. The van der Waals surface area contributed by atoms with Gasteiger partial charge in [-0.05, 0) is 201 Å². The first kappa shape index (κ1) is 76.6. The fraction of sp³-hybridized carbons (Fsp3) is 0.889. The molecule has 6 N–H and O–H groups in total. The maximum atomic E-state index is 13.1. The van der Waals surface area contributed by atoms with Gasteiger partial charge in [0.25, 0.3) is 0 Å². The Morgan fingerprint density at radius 3 is 0.793 bits per heavy atom. The molecule has 92 heavy (non-hydrogen) atoms. The van der Waals surface area contributed by atoms with Crippen molar-refractivity contribution in [2.24, 2.45) is 0 Å². The first-order chi connectivity index (χ1) is 43.1. The van der Waals surface area contributed by atoms with Crippen LogP contribution >= 0.6 is 0 Å². The second-order valence-corrected chi connectivity index (χ2v) is 33.4. The van der Waals surface area contributed by atoms with Gasteiger partial charge in [0.15, 0.2) is 0 Å². The van der Waals surface area contributed by atoms with Crippen LogP contribution in [0.2, 0.25) is 0 Å². The third-order valence-electron chi connectivity index (χ3n) is 19.0. The van der Waals surface area contributed by atoms with E-state index in [0.717, 1.165) is 191 Å². The first-order valence-corrected chi connectivity index (χ1v) is 36.6. The summed E-state index contributed by atoms with van der Waals surface area (Å²) in [7, 11) is 0. The Kier molecular flexibility index (Phi) is 27.9. The SMILES string of the molecule is CCCCN(c1nc(NCCOC(=O)CCCCCCCCC(=O)OCCNc2nc(N(CCCC)C3CC(C)(C)NC(C)(C)C3)nc(N(CCCC)C3CC(C)(C)NC(C)(C)C3)n2)nc(N(CCCC)C2CC(C)(C)NC(C)(C)C2)n1)C1CC(C)(C)NC(C)(C)C1. The van der Waals surface area contributed by atoms with Gasteiger partial charge in [0.2, 0.25) is 35.7 Å². The molecule has 2 aromatic heterocycles. The monoisotopic (exact) mass is 1290 g/mol. The van der Waals surface area contributed by atoms with Gasteiger partial charge in [0.1, 0.15) is 13.2 Å². The molecule has 4 aliphatic heterocycles. The molecule has 4 aliphatic rings. The number of piperidine rings is 4. The van der Waals surface area contributed by atoms with Gasteiger partial charge in [-0.25, -0.2) is 0 Å². The van der Waals surface area contributed by atoms with Crippen molar-refractivity contribution < 1.29 is 19.1 Å². The van der Waals surface area contributed by atoms with Gasteiger partial charge in [0.05, 0.1) is 13.1 Å². The van der Waals surface area contributed by atoms with Crippen LogP contribution in [0.5, 0.6) is 0 Å². The number of nitrogens with one attached hydrogen (secondary N) is 6. The lowest BCUT2D eigenvalue weighted by atomic mass is 9.79. The smallest absolute Gasteiger partial charge is 0.305 e. The highest BCUT2D eigenvalue weighted by Gasteiger charge is 2.45. The first-order valence-electron chi connectivity index (χ1n) is 36.6. The number of rotatable bonds is 37. The predicted molar refractivity (Wildman–Crippen MR) is 382 cm³/mol. The number of esters is 2. The average molecular weight is 1290 g/mol. The zero-order valence-corrected chi connectivity index (χ0v) is 62.0. The topological polar surface area (TPSA) is 215 Å². The summed E-state index contributed by atoms with van der Waals surface area (Å²) in [5, 5.41) is 22.5. The van der Waals surface area contributed by atoms with E-state index in [1.807, 2.05) is 0 Å². The Bertz CT molecular complexity index is 2220. The highest BCUT2D eigenvalue weighted by atomic mass is 16.5. The molecule has 2 aromatic rings. The van der Waals surface area contributed by atoms with E-state index in [2.05, 4.69) is 190 Å². The van der Waals surface area contributed by atoms with E-state index in [0.29, 0.717) is 37.8 Å². The fourth-order valence-electron chi connectivity index (χ4n) is 16.5. The van der Waals surface area contributed by atoms with Crippen molar-refractivity contribution in [3.8, 4) is 0 Å². The lowest BCUT2D eigenvalue weighted by molar-refractivity contribution is -0.144. The summed E-state index contributed by atoms with van der Waals surface area (Å²) in [6.45, 7) is 50.6. The van der Waals surface area contributed by atoms with E-state index in [4.69, 9.17) is 39.4 Å². The lowest BCUT2D eigenvalue weighted by Crippen LogP contribution is -2.63. The zero-order chi connectivity index (χ0) is 67.8. The van der Waals surface area contributed by atoms with Crippen molar-refractivity contribution in [2.45, 2.75) is 361 Å². The maximum Gasteiger partial charge on any atom is 0.305 e. The van der Waals surface area contributed by atoms with E-state index >= 15 is 0 Å². The summed E-state index contributed by atoms with van der Waals surface area (Å²) in [4.78, 5) is 67.5. The molecule has 0 spiro atoms. The summed E-state index contributed by atoms with van der Waals surface area (Å²) < 4.78 is 11.6. The summed E-state index contributed by atoms with van der Waals surface area (Å²) >= 11 is 0. The van der Waals surface area contributed by atoms with Crippen LogP contribution in [-0.2, 0) is 19.1 Å². The molecule has 20 nitrogen and oxygen atoms in total. The summed E-state index contributed by atoms with van der Waals surface area (Å²) in [5.74, 6) is 3.52. The molecule has 0 amide bonds. The van der Waals surface area contributed by atoms with E-state index in [1.54, 1.807) is 0 Å².